The van der Waals surface area contributed by atoms with Crippen LogP contribution in [0.15, 0.2) is 30.5 Å². The Labute approximate surface area is 117 Å². The summed E-state index contributed by atoms with van der Waals surface area (Å²) in [6.07, 6.45) is 3.97. The topological polar surface area (TPSA) is 57.4 Å². The second-order valence-corrected chi connectivity index (χ2v) is 5.69. The van der Waals surface area contributed by atoms with Gasteiger partial charge in [-0.25, -0.2) is 4.98 Å². The van der Waals surface area contributed by atoms with Gasteiger partial charge in [0.2, 0.25) is 5.88 Å². The number of anilines is 1. The molecule has 1 spiro atoms. The number of nitrogens with two attached hydrogens (primary N) is 1. The van der Waals surface area contributed by atoms with Crippen molar-refractivity contribution < 1.29 is 9.47 Å². The lowest BCUT2D eigenvalue weighted by Gasteiger charge is -2.13. The number of hydrogen-bond donors (Lipinski definition) is 1. The summed E-state index contributed by atoms with van der Waals surface area (Å²) in [6, 6.07) is 7.83. The van der Waals surface area contributed by atoms with Gasteiger partial charge in [0.25, 0.3) is 0 Å². The van der Waals surface area contributed by atoms with Gasteiger partial charge < -0.3 is 15.2 Å². The average Bonchev–Trinajstić information content (AvgIpc) is 3.10. The minimum atomic E-state index is 0.188. The van der Waals surface area contributed by atoms with Crippen molar-refractivity contribution in [3.63, 3.8) is 0 Å². The highest BCUT2D eigenvalue weighted by molar-refractivity contribution is 5.56. The molecule has 0 saturated heterocycles. The van der Waals surface area contributed by atoms with Crippen molar-refractivity contribution in [1.29, 1.82) is 0 Å². The van der Waals surface area contributed by atoms with Gasteiger partial charge in [0.15, 0.2) is 0 Å². The van der Waals surface area contributed by atoms with E-state index in [9.17, 15) is 0 Å². The van der Waals surface area contributed by atoms with Crippen LogP contribution in [0.4, 0.5) is 5.69 Å². The maximum absolute atomic E-state index is 6.04. The first-order chi connectivity index (χ1) is 9.68. The van der Waals surface area contributed by atoms with Gasteiger partial charge in [0.1, 0.15) is 11.5 Å². The predicted octanol–water partition coefficient (Wildman–Crippen LogP) is 3.19. The molecule has 1 fully saturated rings. The van der Waals surface area contributed by atoms with E-state index in [1.54, 1.807) is 6.20 Å². The summed E-state index contributed by atoms with van der Waals surface area (Å²) < 4.78 is 11.8. The molecule has 1 aromatic carbocycles. The van der Waals surface area contributed by atoms with Crippen LogP contribution in [-0.2, 0) is 5.41 Å². The molecule has 4 heteroatoms. The Bertz CT molecular complexity index is 693. The molecule has 2 aromatic rings. The quantitative estimate of drug-likeness (QED) is 0.908. The minimum absolute atomic E-state index is 0.188. The highest BCUT2D eigenvalue weighted by atomic mass is 16.5. The van der Waals surface area contributed by atoms with Gasteiger partial charge in [-0.1, -0.05) is 6.07 Å². The lowest BCUT2D eigenvalue weighted by molar-refractivity contribution is 0.323. The Morgan fingerprint density at radius 3 is 2.95 bits per heavy atom. The molecule has 1 aromatic heterocycles. The number of hydrogen-bond acceptors (Lipinski definition) is 4. The van der Waals surface area contributed by atoms with E-state index in [0.29, 0.717) is 11.6 Å². The van der Waals surface area contributed by atoms with E-state index in [-0.39, 0.29) is 5.41 Å². The van der Waals surface area contributed by atoms with E-state index in [2.05, 4.69) is 4.98 Å². The maximum Gasteiger partial charge on any atom is 0.222 e. The number of aryl methyl sites for hydroxylation is 1. The number of ether oxygens (including phenoxy) is 2. The molecular weight excluding hydrogens is 252 g/mol. The van der Waals surface area contributed by atoms with Gasteiger partial charge in [-0.05, 0) is 38.0 Å². The summed E-state index contributed by atoms with van der Waals surface area (Å²) in [6.45, 7) is 2.72. The first-order valence-corrected chi connectivity index (χ1v) is 6.84. The van der Waals surface area contributed by atoms with Gasteiger partial charge in [0.05, 0.1) is 18.5 Å². The van der Waals surface area contributed by atoms with Crippen molar-refractivity contribution in [1.82, 2.24) is 4.98 Å². The van der Waals surface area contributed by atoms with Gasteiger partial charge in [0, 0.05) is 16.5 Å². The molecule has 0 bridgehead atoms. The number of pyridine rings is 1. The second kappa shape index (κ2) is 3.88. The van der Waals surface area contributed by atoms with E-state index in [4.69, 9.17) is 15.2 Å². The van der Waals surface area contributed by atoms with Gasteiger partial charge in [-0.2, -0.15) is 0 Å². The zero-order valence-electron chi connectivity index (χ0n) is 11.3. The summed E-state index contributed by atoms with van der Waals surface area (Å²) in [5.41, 5.74) is 8.71. The second-order valence-electron chi connectivity index (χ2n) is 5.69. The van der Waals surface area contributed by atoms with Crippen molar-refractivity contribution in [3.05, 3.63) is 41.6 Å². The molecule has 0 atom stereocenters. The van der Waals surface area contributed by atoms with Crippen molar-refractivity contribution in [2.45, 2.75) is 25.2 Å². The lowest BCUT2D eigenvalue weighted by Crippen LogP contribution is -2.08. The Balaban J connectivity index is 1.75. The summed E-state index contributed by atoms with van der Waals surface area (Å²) in [5, 5.41) is 0. The molecule has 2 heterocycles. The summed E-state index contributed by atoms with van der Waals surface area (Å²) in [5.74, 6) is 2.42. The molecule has 0 radical (unpaired) electrons. The van der Waals surface area contributed by atoms with Crippen LogP contribution in [0.25, 0.3) is 0 Å². The Morgan fingerprint density at radius 2 is 2.20 bits per heavy atom. The first kappa shape index (κ1) is 11.6. The number of rotatable bonds is 2. The highest BCUT2D eigenvalue weighted by Crippen LogP contribution is 2.58. The molecule has 1 aliphatic heterocycles. The van der Waals surface area contributed by atoms with Crippen molar-refractivity contribution in [3.8, 4) is 17.4 Å². The zero-order valence-corrected chi connectivity index (χ0v) is 11.3. The predicted molar refractivity (Wildman–Crippen MR) is 76.3 cm³/mol. The smallest absolute Gasteiger partial charge is 0.222 e. The molecule has 4 nitrogen and oxygen atoms in total. The number of aromatic nitrogens is 1. The SMILES string of the molecule is Cc1cc(N)cnc1Oc1cccc2c1C1(CC1)CO2. The fourth-order valence-electron chi connectivity index (χ4n) is 2.87. The molecule has 102 valence electrons. The van der Waals surface area contributed by atoms with E-state index >= 15 is 0 Å². The number of nitrogen functional groups attached to an aromatic ring is 1. The van der Waals surface area contributed by atoms with Crippen molar-refractivity contribution in [2.75, 3.05) is 12.3 Å². The van der Waals surface area contributed by atoms with Crippen LogP contribution < -0.4 is 15.2 Å². The summed E-state index contributed by atoms with van der Waals surface area (Å²) in [4.78, 5) is 4.28. The number of fused-ring (bicyclic) bond motifs is 2. The third kappa shape index (κ3) is 1.64. The molecule has 2 N–H and O–H groups in total. The van der Waals surface area contributed by atoms with Crippen LogP contribution in [0, 0.1) is 6.92 Å². The van der Waals surface area contributed by atoms with E-state index < -0.39 is 0 Å². The van der Waals surface area contributed by atoms with Crippen LogP contribution in [0.1, 0.15) is 24.0 Å². The monoisotopic (exact) mass is 268 g/mol. The largest absolute Gasteiger partial charge is 0.492 e. The Kier molecular flexibility index (Phi) is 2.25. The third-order valence-corrected chi connectivity index (χ3v) is 4.13. The lowest BCUT2D eigenvalue weighted by atomic mass is 9.97. The maximum atomic E-state index is 6.04. The van der Waals surface area contributed by atoms with Crippen LogP contribution in [0.5, 0.6) is 17.4 Å². The molecule has 20 heavy (non-hydrogen) atoms. The minimum Gasteiger partial charge on any atom is -0.492 e. The van der Waals surface area contributed by atoms with E-state index in [1.165, 1.54) is 18.4 Å². The van der Waals surface area contributed by atoms with Crippen LogP contribution in [0.3, 0.4) is 0 Å². The Hall–Kier alpha value is -2.23. The standard InChI is InChI=1S/C16H16N2O2/c1-10-7-11(17)8-18-15(10)20-13-4-2-3-12-14(13)16(5-6-16)9-19-12/h2-4,7-8H,5-6,9,17H2,1H3. The third-order valence-electron chi connectivity index (χ3n) is 4.13. The normalized spacial score (nSPS) is 17.6. The molecule has 0 unspecified atom stereocenters. The van der Waals surface area contributed by atoms with Crippen molar-refractivity contribution in [2.24, 2.45) is 0 Å². The van der Waals surface area contributed by atoms with Gasteiger partial charge in [-0.15, -0.1) is 0 Å². The molecule has 1 aliphatic carbocycles. The fraction of sp³-hybridized carbons (Fsp3) is 0.312. The molecule has 4 rings (SSSR count). The van der Waals surface area contributed by atoms with E-state index in [0.717, 1.165) is 23.7 Å². The van der Waals surface area contributed by atoms with Crippen LogP contribution in [-0.4, -0.2) is 11.6 Å². The van der Waals surface area contributed by atoms with Gasteiger partial charge in [-0.3, -0.25) is 0 Å². The van der Waals surface area contributed by atoms with Crippen molar-refractivity contribution >= 4 is 5.69 Å². The van der Waals surface area contributed by atoms with Gasteiger partial charge >= 0.3 is 0 Å². The average molecular weight is 268 g/mol. The molecular formula is C16H16N2O2. The van der Waals surface area contributed by atoms with E-state index in [1.807, 2.05) is 31.2 Å². The molecule has 1 saturated carbocycles. The van der Waals surface area contributed by atoms with Crippen LogP contribution >= 0.6 is 0 Å². The number of benzene rings is 1. The molecule has 2 aliphatic rings. The fourth-order valence-corrected chi connectivity index (χ4v) is 2.87. The number of nitrogens with zero attached hydrogens (tertiary/aromatic N) is 1. The zero-order chi connectivity index (χ0) is 13.7. The first-order valence-electron chi connectivity index (χ1n) is 6.84. The summed E-state index contributed by atoms with van der Waals surface area (Å²) in [7, 11) is 0. The Morgan fingerprint density at radius 1 is 1.35 bits per heavy atom. The molecule has 0 amide bonds. The van der Waals surface area contributed by atoms with Crippen LogP contribution in [0.2, 0.25) is 0 Å². The summed E-state index contributed by atoms with van der Waals surface area (Å²) >= 11 is 0. The highest BCUT2D eigenvalue weighted by Gasteiger charge is 2.52.